The number of nitrogens with zero attached hydrogens (tertiary/aromatic N) is 1. The lowest BCUT2D eigenvalue weighted by atomic mass is 9.91. The molecule has 0 saturated carbocycles. The van der Waals surface area contributed by atoms with Crippen LogP contribution in [0.4, 0.5) is 0 Å². The number of halogens is 1. The summed E-state index contributed by atoms with van der Waals surface area (Å²) in [4.78, 5) is 24.3. The number of isocyanates is 1. The summed E-state index contributed by atoms with van der Waals surface area (Å²) in [5, 5.41) is -0.427. The Balaban J connectivity index is 2.75. The Hall–Kier alpha value is -0.920. The molecule has 1 rings (SSSR count). The second-order valence-corrected chi connectivity index (χ2v) is 3.01. The van der Waals surface area contributed by atoms with Crippen LogP contribution in [-0.4, -0.2) is 17.4 Å². The third-order valence-electron chi connectivity index (χ3n) is 1.91. The van der Waals surface area contributed by atoms with Gasteiger partial charge in [-0.2, -0.15) is 0 Å². The van der Waals surface area contributed by atoms with Crippen LogP contribution in [0.5, 0.6) is 0 Å². The molecule has 12 heavy (non-hydrogen) atoms. The van der Waals surface area contributed by atoms with Crippen LogP contribution >= 0.6 is 11.6 Å². The highest BCUT2D eigenvalue weighted by atomic mass is 35.5. The van der Waals surface area contributed by atoms with E-state index in [0.29, 0.717) is 12.8 Å². The lowest BCUT2D eigenvalue weighted by Crippen LogP contribution is -2.25. The van der Waals surface area contributed by atoms with Gasteiger partial charge in [0, 0.05) is 0 Å². The van der Waals surface area contributed by atoms with Gasteiger partial charge in [-0.3, -0.25) is 4.79 Å². The van der Waals surface area contributed by atoms with Crippen LogP contribution in [0.15, 0.2) is 17.1 Å². The van der Waals surface area contributed by atoms with Gasteiger partial charge >= 0.3 is 0 Å². The van der Waals surface area contributed by atoms with E-state index in [1.165, 1.54) is 6.08 Å². The Morgan fingerprint density at radius 2 is 2.17 bits per heavy atom. The molecule has 0 fully saturated rings. The van der Waals surface area contributed by atoms with Gasteiger partial charge in [0.25, 0.3) is 0 Å². The zero-order valence-electron chi connectivity index (χ0n) is 6.37. The highest BCUT2D eigenvalue weighted by molar-refractivity contribution is 6.64. The van der Waals surface area contributed by atoms with Gasteiger partial charge in [-0.15, -0.1) is 0 Å². The summed E-state index contributed by atoms with van der Waals surface area (Å²) >= 11 is 5.32. The smallest absolute Gasteiger partial charge is 0.235 e. The van der Waals surface area contributed by atoms with E-state index < -0.39 is 5.24 Å². The molecule has 3 nitrogen and oxygen atoms in total. The van der Waals surface area contributed by atoms with Crippen LogP contribution in [0.2, 0.25) is 0 Å². The zero-order chi connectivity index (χ0) is 8.97. The van der Waals surface area contributed by atoms with Crippen molar-refractivity contribution in [3.05, 3.63) is 12.2 Å². The minimum Gasteiger partial charge on any atom is -0.281 e. The maximum atomic E-state index is 10.8. The molecule has 4 heteroatoms. The summed E-state index contributed by atoms with van der Waals surface area (Å²) in [7, 11) is 0. The van der Waals surface area contributed by atoms with Crippen molar-refractivity contribution >= 4 is 22.9 Å². The van der Waals surface area contributed by atoms with E-state index in [1.807, 2.05) is 12.2 Å². The molecule has 0 radical (unpaired) electrons. The Morgan fingerprint density at radius 1 is 1.50 bits per heavy atom. The van der Waals surface area contributed by atoms with Gasteiger partial charge < -0.3 is 0 Å². The molecule has 0 N–H and O–H groups in total. The van der Waals surface area contributed by atoms with Crippen molar-refractivity contribution in [3.63, 3.8) is 0 Å². The molecule has 0 aliphatic heterocycles. The average molecular weight is 186 g/mol. The van der Waals surface area contributed by atoms with Crippen molar-refractivity contribution in [2.45, 2.75) is 18.9 Å². The van der Waals surface area contributed by atoms with Crippen molar-refractivity contribution in [2.75, 3.05) is 0 Å². The van der Waals surface area contributed by atoms with E-state index in [4.69, 9.17) is 11.6 Å². The molecule has 0 aromatic carbocycles. The first kappa shape index (κ1) is 9.17. The Kier molecular flexibility index (Phi) is 3.20. The highest BCUT2D eigenvalue weighted by Gasteiger charge is 2.27. The predicted molar refractivity (Wildman–Crippen MR) is 44.6 cm³/mol. The van der Waals surface area contributed by atoms with Crippen LogP contribution in [-0.2, 0) is 9.59 Å². The van der Waals surface area contributed by atoms with Gasteiger partial charge in [-0.05, 0) is 24.4 Å². The molecular formula is C8H8ClNO2. The molecule has 64 valence electrons. The molecule has 0 aromatic heterocycles. The largest absolute Gasteiger partial charge is 0.281 e. The Bertz CT molecular complexity index is 244. The lowest BCUT2D eigenvalue weighted by molar-refractivity contribution is -0.115. The molecule has 2 unspecified atom stereocenters. The van der Waals surface area contributed by atoms with Crippen LogP contribution in [0.3, 0.4) is 0 Å². The standard InChI is InChI=1S/C8H8ClNO2/c9-8(12)6-3-1-2-4-7(6)10-5-11/h1-2,6-7H,3-4H2. The zero-order valence-corrected chi connectivity index (χ0v) is 7.12. The van der Waals surface area contributed by atoms with E-state index in [1.54, 1.807) is 0 Å². The van der Waals surface area contributed by atoms with Gasteiger partial charge in [0.1, 0.15) is 0 Å². The van der Waals surface area contributed by atoms with E-state index in [9.17, 15) is 9.59 Å². The summed E-state index contributed by atoms with van der Waals surface area (Å²) in [6.07, 6.45) is 6.38. The van der Waals surface area contributed by atoms with Crippen LogP contribution in [0, 0.1) is 5.92 Å². The molecule has 2 atom stereocenters. The number of hydrogen-bond acceptors (Lipinski definition) is 3. The fraction of sp³-hybridized carbons (Fsp3) is 0.500. The summed E-state index contributed by atoms with van der Waals surface area (Å²) in [6, 6.07) is -0.308. The van der Waals surface area contributed by atoms with Gasteiger partial charge in [-0.25, -0.2) is 9.79 Å². The minimum absolute atomic E-state index is 0.308. The summed E-state index contributed by atoms with van der Waals surface area (Å²) in [5.41, 5.74) is 0. The maximum absolute atomic E-state index is 10.8. The Labute approximate surface area is 75.1 Å². The van der Waals surface area contributed by atoms with Gasteiger partial charge in [0.05, 0.1) is 12.0 Å². The van der Waals surface area contributed by atoms with E-state index >= 15 is 0 Å². The second-order valence-electron chi connectivity index (χ2n) is 2.64. The number of aliphatic imine (C=N–C) groups is 1. The highest BCUT2D eigenvalue weighted by Crippen LogP contribution is 2.23. The van der Waals surface area contributed by atoms with Gasteiger partial charge in [0.2, 0.25) is 11.3 Å². The van der Waals surface area contributed by atoms with E-state index in [0.717, 1.165) is 0 Å². The van der Waals surface area contributed by atoms with E-state index in [2.05, 4.69) is 4.99 Å². The number of allylic oxidation sites excluding steroid dienone is 1. The third kappa shape index (κ3) is 2.03. The van der Waals surface area contributed by atoms with Gasteiger partial charge in [0.15, 0.2) is 0 Å². The van der Waals surface area contributed by atoms with Crippen LogP contribution in [0.25, 0.3) is 0 Å². The second kappa shape index (κ2) is 4.19. The lowest BCUT2D eigenvalue weighted by Gasteiger charge is -2.19. The first-order valence-electron chi connectivity index (χ1n) is 3.67. The van der Waals surface area contributed by atoms with Crippen LogP contribution < -0.4 is 0 Å². The fourth-order valence-electron chi connectivity index (χ4n) is 1.25. The summed E-state index contributed by atoms with van der Waals surface area (Å²) in [6.45, 7) is 0. The first-order valence-corrected chi connectivity index (χ1v) is 4.05. The molecule has 0 amide bonds. The normalized spacial score (nSPS) is 27.8. The summed E-state index contributed by atoms with van der Waals surface area (Å²) in [5.74, 6) is -0.349. The van der Waals surface area contributed by atoms with E-state index in [-0.39, 0.29) is 12.0 Å². The topological polar surface area (TPSA) is 46.5 Å². The van der Waals surface area contributed by atoms with Crippen molar-refractivity contribution < 1.29 is 9.59 Å². The molecular weight excluding hydrogens is 178 g/mol. The monoisotopic (exact) mass is 185 g/mol. The maximum Gasteiger partial charge on any atom is 0.235 e. The number of hydrogen-bond donors (Lipinski definition) is 0. The Morgan fingerprint density at radius 3 is 2.75 bits per heavy atom. The van der Waals surface area contributed by atoms with Crippen LogP contribution in [0.1, 0.15) is 12.8 Å². The predicted octanol–water partition coefficient (Wildman–Crippen LogP) is 1.42. The molecule has 0 spiro atoms. The number of rotatable bonds is 2. The average Bonchev–Trinajstić information content (AvgIpc) is 2.05. The SMILES string of the molecule is O=C=NC1CC=CCC1C(=O)Cl. The molecule has 0 saturated heterocycles. The molecule has 0 aromatic rings. The van der Waals surface area contributed by atoms with Crippen molar-refractivity contribution in [1.82, 2.24) is 0 Å². The molecule has 0 bridgehead atoms. The number of carbonyl (C=O) groups excluding carboxylic acids is 2. The third-order valence-corrected chi connectivity index (χ3v) is 2.19. The molecule has 1 aliphatic carbocycles. The van der Waals surface area contributed by atoms with Crippen molar-refractivity contribution in [1.29, 1.82) is 0 Å². The molecule has 1 aliphatic rings. The minimum atomic E-state index is -0.427. The fourth-order valence-corrected chi connectivity index (χ4v) is 1.49. The van der Waals surface area contributed by atoms with Gasteiger partial charge in [-0.1, -0.05) is 12.2 Å². The summed E-state index contributed by atoms with van der Waals surface area (Å²) < 4.78 is 0. The molecule has 0 heterocycles. The van der Waals surface area contributed by atoms with Crippen molar-refractivity contribution in [2.24, 2.45) is 10.9 Å². The first-order chi connectivity index (χ1) is 5.75. The van der Waals surface area contributed by atoms with Crippen molar-refractivity contribution in [3.8, 4) is 0 Å². The number of carbonyl (C=O) groups is 1. The quantitative estimate of drug-likeness (QED) is 0.283.